The molecule has 0 spiro atoms. The first-order valence-electron chi connectivity index (χ1n) is 7.47. The molecule has 0 saturated carbocycles. The summed E-state index contributed by atoms with van der Waals surface area (Å²) in [6.45, 7) is 13.2. The van der Waals surface area contributed by atoms with E-state index >= 15 is 0 Å². The Bertz CT molecular complexity index is 438. The maximum absolute atomic E-state index is 4.62. The van der Waals surface area contributed by atoms with Crippen molar-refractivity contribution in [2.75, 3.05) is 18.0 Å². The van der Waals surface area contributed by atoms with Crippen LogP contribution in [0.3, 0.4) is 0 Å². The molecule has 0 bridgehead atoms. The number of aryl methyl sites for hydroxylation is 2. The van der Waals surface area contributed by atoms with E-state index in [4.69, 9.17) is 0 Å². The standard InChI is InChI=1S/C16H27N3/c1-6-16(7-2)11-19(13(4)10-17-16)15-9-8-12(3)18-14(15)5/h8-9,13,17H,6-7,10-11H2,1-5H3. The number of aromatic nitrogens is 1. The molecule has 106 valence electrons. The van der Waals surface area contributed by atoms with Gasteiger partial charge in [-0.15, -0.1) is 0 Å². The number of nitrogens with zero attached hydrogens (tertiary/aromatic N) is 2. The van der Waals surface area contributed by atoms with Crippen LogP contribution in [-0.2, 0) is 0 Å². The molecule has 0 radical (unpaired) electrons. The minimum Gasteiger partial charge on any atom is -0.364 e. The van der Waals surface area contributed by atoms with Crippen LogP contribution in [0.15, 0.2) is 12.1 Å². The van der Waals surface area contributed by atoms with E-state index < -0.39 is 0 Å². The maximum atomic E-state index is 4.62. The second-order valence-electron chi connectivity index (χ2n) is 5.90. The van der Waals surface area contributed by atoms with Gasteiger partial charge in [0.05, 0.1) is 11.4 Å². The molecule has 1 atom stereocenters. The Morgan fingerprint density at radius 1 is 1.32 bits per heavy atom. The Morgan fingerprint density at radius 3 is 2.58 bits per heavy atom. The summed E-state index contributed by atoms with van der Waals surface area (Å²) in [6, 6.07) is 4.88. The highest BCUT2D eigenvalue weighted by Gasteiger charge is 2.35. The van der Waals surface area contributed by atoms with Crippen LogP contribution in [-0.4, -0.2) is 29.7 Å². The average Bonchev–Trinajstić information content (AvgIpc) is 2.41. The molecule has 0 amide bonds. The molecule has 2 rings (SSSR count). The van der Waals surface area contributed by atoms with Crippen LogP contribution in [0.5, 0.6) is 0 Å². The Kier molecular flexibility index (Phi) is 4.14. The van der Waals surface area contributed by atoms with Crippen molar-refractivity contribution in [2.45, 2.75) is 59.0 Å². The summed E-state index contributed by atoms with van der Waals surface area (Å²) < 4.78 is 0. The monoisotopic (exact) mass is 261 g/mol. The van der Waals surface area contributed by atoms with Gasteiger partial charge in [-0.3, -0.25) is 4.98 Å². The third-order valence-electron chi connectivity index (χ3n) is 4.64. The van der Waals surface area contributed by atoms with Crippen molar-refractivity contribution in [3.05, 3.63) is 23.5 Å². The van der Waals surface area contributed by atoms with E-state index in [1.807, 2.05) is 0 Å². The van der Waals surface area contributed by atoms with Crippen molar-refractivity contribution >= 4 is 5.69 Å². The molecule has 19 heavy (non-hydrogen) atoms. The molecule has 1 saturated heterocycles. The Hall–Kier alpha value is -1.09. The van der Waals surface area contributed by atoms with Gasteiger partial charge in [0.25, 0.3) is 0 Å². The van der Waals surface area contributed by atoms with Crippen molar-refractivity contribution in [1.82, 2.24) is 10.3 Å². The smallest absolute Gasteiger partial charge is 0.0609 e. The lowest BCUT2D eigenvalue weighted by atomic mass is 9.88. The number of pyridine rings is 1. The van der Waals surface area contributed by atoms with E-state index in [-0.39, 0.29) is 5.54 Å². The van der Waals surface area contributed by atoms with E-state index in [1.165, 1.54) is 18.5 Å². The van der Waals surface area contributed by atoms with Crippen molar-refractivity contribution < 1.29 is 0 Å². The number of piperazine rings is 1. The molecule has 0 aliphatic carbocycles. The van der Waals surface area contributed by atoms with E-state index in [2.05, 4.69) is 62.0 Å². The van der Waals surface area contributed by atoms with Gasteiger partial charge in [0.1, 0.15) is 0 Å². The SMILES string of the molecule is CCC1(CC)CN(c2ccc(C)nc2C)C(C)CN1. The zero-order valence-corrected chi connectivity index (χ0v) is 13.0. The topological polar surface area (TPSA) is 28.2 Å². The van der Waals surface area contributed by atoms with Gasteiger partial charge in [0.2, 0.25) is 0 Å². The molecular weight excluding hydrogens is 234 g/mol. The van der Waals surface area contributed by atoms with Crippen molar-refractivity contribution in [3.8, 4) is 0 Å². The van der Waals surface area contributed by atoms with Gasteiger partial charge in [-0.25, -0.2) is 0 Å². The largest absolute Gasteiger partial charge is 0.364 e. The first kappa shape index (κ1) is 14.3. The lowest BCUT2D eigenvalue weighted by Gasteiger charge is -2.48. The van der Waals surface area contributed by atoms with Crippen LogP contribution in [0, 0.1) is 13.8 Å². The zero-order valence-electron chi connectivity index (χ0n) is 13.0. The van der Waals surface area contributed by atoms with Gasteiger partial charge in [-0.1, -0.05) is 13.8 Å². The minimum atomic E-state index is 0.254. The summed E-state index contributed by atoms with van der Waals surface area (Å²) >= 11 is 0. The minimum absolute atomic E-state index is 0.254. The second kappa shape index (κ2) is 5.49. The fourth-order valence-electron chi connectivity index (χ4n) is 3.04. The van der Waals surface area contributed by atoms with Crippen LogP contribution in [0.1, 0.15) is 45.0 Å². The normalized spacial score (nSPS) is 22.6. The number of rotatable bonds is 3. The van der Waals surface area contributed by atoms with Crippen LogP contribution < -0.4 is 10.2 Å². The van der Waals surface area contributed by atoms with E-state index in [0.717, 1.165) is 24.5 Å². The molecule has 1 aromatic heterocycles. The van der Waals surface area contributed by atoms with Gasteiger partial charge >= 0.3 is 0 Å². The summed E-state index contributed by atoms with van der Waals surface area (Å²) in [6.07, 6.45) is 2.34. The highest BCUT2D eigenvalue weighted by molar-refractivity contribution is 5.52. The maximum Gasteiger partial charge on any atom is 0.0609 e. The molecular formula is C16H27N3. The predicted molar refractivity (Wildman–Crippen MR) is 81.8 cm³/mol. The highest BCUT2D eigenvalue weighted by Crippen LogP contribution is 2.29. The van der Waals surface area contributed by atoms with Crippen molar-refractivity contribution in [1.29, 1.82) is 0 Å². The van der Waals surface area contributed by atoms with Crippen molar-refractivity contribution in [3.63, 3.8) is 0 Å². The zero-order chi connectivity index (χ0) is 14.0. The van der Waals surface area contributed by atoms with Gasteiger partial charge in [-0.05, 0) is 45.7 Å². The summed E-state index contributed by atoms with van der Waals surface area (Å²) in [7, 11) is 0. The van der Waals surface area contributed by atoms with Crippen LogP contribution in [0.4, 0.5) is 5.69 Å². The third kappa shape index (κ3) is 2.76. The molecule has 1 aromatic rings. The van der Waals surface area contributed by atoms with E-state index in [9.17, 15) is 0 Å². The number of nitrogens with one attached hydrogen (secondary N) is 1. The quantitative estimate of drug-likeness (QED) is 0.906. The predicted octanol–water partition coefficient (Wildman–Crippen LogP) is 3.06. The molecule has 1 fully saturated rings. The van der Waals surface area contributed by atoms with Gasteiger partial charge in [0, 0.05) is 30.4 Å². The summed E-state index contributed by atoms with van der Waals surface area (Å²) in [4.78, 5) is 7.15. The summed E-state index contributed by atoms with van der Waals surface area (Å²) in [5.41, 5.74) is 3.80. The molecule has 3 nitrogen and oxygen atoms in total. The van der Waals surface area contributed by atoms with E-state index in [0.29, 0.717) is 6.04 Å². The lowest BCUT2D eigenvalue weighted by molar-refractivity contribution is 0.253. The molecule has 2 heterocycles. The number of anilines is 1. The van der Waals surface area contributed by atoms with Crippen LogP contribution in [0.25, 0.3) is 0 Å². The second-order valence-corrected chi connectivity index (χ2v) is 5.90. The molecule has 1 aliphatic rings. The third-order valence-corrected chi connectivity index (χ3v) is 4.64. The van der Waals surface area contributed by atoms with Crippen LogP contribution >= 0.6 is 0 Å². The highest BCUT2D eigenvalue weighted by atomic mass is 15.3. The molecule has 3 heteroatoms. The molecule has 1 N–H and O–H groups in total. The Labute approximate surface area is 117 Å². The fourth-order valence-corrected chi connectivity index (χ4v) is 3.04. The molecule has 0 aromatic carbocycles. The summed E-state index contributed by atoms with van der Waals surface area (Å²) in [5, 5.41) is 3.75. The lowest BCUT2D eigenvalue weighted by Crippen LogP contribution is -2.63. The molecule has 1 unspecified atom stereocenters. The van der Waals surface area contributed by atoms with Gasteiger partial charge in [-0.2, -0.15) is 0 Å². The average molecular weight is 261 g/mol. The van der Waals surface area contributed by atoms with Gasteiger partial charge in [0.15, 0.2) is 0 Å². The Balaban J connectivity index is 2.31. The van der Waals surface area contributed by atoms with Crippen molar-refractivity contribution in [2.24, 2.45) is 0 Å². The number of hydrogen-bond acceptors (Lipinski definition) is 3. The number of hydrogen-bond donors (Lipinski definition) is 1. The Morgan fingerprint density at radius 2 is 2.00 bits per heavy atom. The van der Waals surface area contributed by atoms with Gasteiger partial charge < -0.3 is 10.2 Å². The van der Waals surface area contributed by atoms with Crippen LogP contribution in [0.2, 0.25) is 0 Å². The summed E-state index contributed by atoms with van der Waals surface area (Å²) in [5.74, 6) is 0. The van der Waals surface area contributed by atoms with E-state index in [1.54, 1.807) is 0 Å². The molecule has 1 aliphatic heterocycles. The first-order valence-corrected chi connectivity index (χ1v) is 7.47. The fraction of sp³-hybridized carbons (Fsp3) is 0.688. The first-order chi connectivity index (χ1) is 9.01.